The fourth-order valence-corrected chi connectivity index (χ4v) is 4.11. The predicted molar refractivity (Wildman–Crippen MR) is 94.8 cm³/mol. The van der Waals surface area contributed by atoms with Gasteiger partial charge in [0.1, 0.15) is 5.75 Å². The molecule has 0 saturated carbocycles. The molecular formula is C17H24N4O3S. The first-order chi connectivity index (χ1) is 11.9. The van der Waals surface area contributed by atoms with E-state index < -0.39 is 10.0 Å². The van der Waals surface area contributed by atoms with Crippen LogP contribution in [0.1, 0.15) is 25.8 Å². The number of aromatic nitrogens is 2. The number of imidazole rings is 1. The van der Waals surface area contributed by atoms with Crippen LogP contribution in [0.25, 0.3) is 0 Å². The van der Waals surface area contributed by atoms with Crippen LogP contribution in [0.3, 0.4) is 0 Å². The van der Waals surface area contributed by atoms with Gasteiger partial charge in [0.2, 0.25) is 5.16 Å². The van der Waals surface area contributed by atoms with Crippen molar-refractivity contribution in [1.29, 1.82) is 0 Å². The van der Waals surface area contributed by atoms with Crippen LogP contribution in [0.2, 0.25) is 0 Å². The Bertz CT molecular complexity index is 773. The van der Waals surface area contributed by atoms with Crippen LogP contribution >= 0.6 is 0 Å². The molecule has 1 aliphatic rings. The first kappa shape index (κ1) is 17.9. The summed E-state index contributed by atoms with van der Waals surface area (Å²) in [5.41, 5.74) is 1.19. The summed E-state index contributed by atoms with van der Waals surface area (Å²) in [5, 5.41) is -0.0355. The van der Waals surface area contributed by atoms with Crippen molar-refractivity contribution in [1.82, 2.24) is 19.6 Å². The Morgan fingerprint density at radius 2 is 2.12 bits per heavy atom. The van der Waals surface area contributed by atoms with Crippen molar-refractivity contribution in [3.63, 3.8) is 0 Å². The molecule has 2 aromatic rings. The lowest BCUT2D eigenvalue weighted by Crippen LogP contribution is -2.37. The van der Waals surface area contributed by atoms with Gasteiger partial charge >= 0.3 is 0 Å². The highest BCUT2D eigenvalue weighted by Crippen LogP contribution is 2.18. The molecule has 0 amide bonds. The minimum Gasteiger partial charge on any atom is -0.491 e. The molecule has 1 atom stereocenters. The standard InChI is InChI=1S/C17H24N4O3S/c1-13(2)24-16-5-3-14(4-6-16)11-21-10-7-15(12-21)20-25(22,23)17-18-8-9-19-17/h3-6,8-9,13,15,20H,7,10-12H2,1-2H3,(H,18,19)/t15-/m1/s1. The lowest BCUT2D eigenvalue weighted by Gasteiger charge is -2.17. The molecule has 136 valence electrons. The lowest BCUT2D eigenvalue weighted by atomic mass is 10.2. The molecule has 0 unspecified atom stereocenters. The minimum absolute atomic E-state index is 0.0355. The van der Waals surface area contributed by atoms with Crippen molar-refractivity contribution < 1.29 is 13.2 Å². The van der Waals surface area contributed by atoms with Crippen LogP contribution in [0.15, 0.2) is 41.8 Å². The summed E-state index contributed by atoms with van der Waals surface area (Å²) in [6.07, 6.45) is 3.88. The Hall–Kier alpha value is -1.90. The van der Waals surface area contributed by atoms with Crippen molar-refractivity contribution >= 4 is 10.0 Å². The van der Waals surface area contributed by atoms with Gasteiger partial charge in [-0.3, -0.25) is 4.90 Å². The average molecular weight is 364 g/mol. The summed E-state index contributed by atoms with van der Waals surface area (Å²) in [6, 6.07) is 7.96. The molecule has 0 bridgehead atoms. The van der Waals surface area contributed by atoms with Gasteiger partial charge in [0.15, 0.2) is 0 Å². The SMILES string of the molecule is CC(C)Oc1ccc(CN2CC[C@@H](NS(=O)(=O)c3ncc[nH]3)C2)cc1. The van der Waals surface area contributed by atoms with E-state index in [4.69, 9.17) is 4.74 Å². The Balaban J connectivity index is 1.53. The van der Waals surface area contributed by atoms with E-state index in [9.17, 15) is 8.42 Å². The van der Waals surface area contributed by atoms with Gasteiger partial charge in [-0.1, -0.05) is 12.1 Å². The first-order valence-corrected chi connectivity index (χ1v) is 9.90. The summed E-state index contributed by atoms with van der Waals surface area (Å²) < 4.78 is 32.8. The second-order valence-electron chi connectivity index (χ2n) is 6.55. The maximum Gasteiger partial charge on any atom is 0.274 e. The average Bonchev–Trinajstić information content (AvgIpc) is 3.21. The number of nitrogens with one attached hydrogen (secondary N) is 2. The third-order valence-corrected chi connectivity index (χ3v) is 5.40. The van der Waals surface area contributed by atoms with Crippen LogP contribution in [0, 0.1) is 0 Å². The van der Waals surface area contributed by atoms with Crippen molar-refractivity contribution in [2.24, 2.45) is 0 Å². The van der Waals surface area contributed by atoms with Gasteiger partial charge in [-0.2, -0.15) is 0 Å². The van der Waals surface area contributed by atoms with Crippen molar-refractivity contribution in [2.75, 3.05) is 13.1 Å². The van der Waals surface area contributed by atoms with Crippen molar-refractivity contribution in [2.45, 2.75) is 44.1 Å². The topological polar surface area (TPSA) is 87.3 Å². The molecule has 1 aromatic carbocycles. The zero-order valence-corrected chi connectivity index (χ0v) is 15.3. The molecule has 0 spiro atoms. The van der Waals surface area contributed by atoms with Crippen LogP contribution in [-0.2, 0) is 16.6 Å². The normalized spacial score (nSPS) is 18.8. The molecule has 2 N–H and O–H groups in total. The number of nitrogens with zero attached hydrogens (tertiary/aromatic N) is 2. The summed E-state index contributed by atoms with van der Waals surface area (Å²) in [4.78, 5) is 8.69. The van der Waals surface area contributed by atoms with E-state index in [-0.39, 0.29) is 17.3 Å². The van der Waals surface area contributed by atoms with Gasteiger partial charge in [0.05, 0.1) is 6.10 Å². The molecule has 1 fully saturated rings. The molecule has 0 radical (unpaired) electrons. The zero-order valence-electron chi connectivity index (χ0n) is 14.5. The summed E-state index contributed by atoms with van der Waals surface area (Å²) in [7, 11) is -3.57. The highest BCUT2D eigenvalue weighted by Gasteiger charge is 2.28. The highest BCUT2D eigenvalue weighted by atomic mass is 32.2. The van der Waals surface area contributed by atoms with Crippen LogP contribution < -0.4 is 9.46 Å². The number of hydrogen-bond donors (Lipinski definition) is 2. The summed E-state index contributed by atoms with van der Waals surface area (Å²) in [5.74, 6) is 0.865. The Morgan fingerprint density at radius 1 is 1.36 bits per heavy atom. The smallest absolute Gasteiger partial charge is 0.274 e. The second-order valence-corrected chi connectivity index (χ2v) is 8.18. The van der Waals surface area contributed by atoms with Gasteiger partial charge in [0.25, 0.3) is 10.0 Å². The van der Waals surface area contributed by atoms with E-state index in [1.807, 2.05) is 26.0 Å². The number of rotatable bonds is 7. The van der Waals surface area contributed by atoms with Gasteiger partial charge in [-0.05, 0) is 38.0 Å². The summed E-state index contributed by atoms with van der Waals surface area (Å²) in [6.45, 7) is 6.34. The van der Waals surface area contributed by atoms with Crippen LogP contribution in [0.4, 0.5) is 0 Å². The molecule has 2 heterocycles. The zero-order chi connectivity index (χ0) is 17.9. The number of benzene rings is 1. The minimum atomic E-state index is -3.57. The van der Waals surface area contributed by atoms with E-state index in [2.05, 4.69) is 31.7 Å². The van der Waals surface area contributed by atoms with E-state index in [1.165, 1.54) is 18.0 Å². The maximum absolute atomic E-state index is 12.2. The molecule has 8 heteroatoms. The van der Waals surface area contributed by atoms with E-state index in [1.54, 1.807) is 0 Å². The number of hydrogen-bond acceptors (Lipinski definition) is 5. The molecule has 0 aliphatic carbocycles. The van der Waals surface area contributed by atoms with Gasteiger partial charge in [-0.15, -0.1) is 0 Å². The largest absolute Gasteiger partial charge is 0.491 e. The second kappa shape index (κ2) is 7.55. The fraction of sp³-hybridized carbons (Fsp3) is 0.471. The number of likely N-dealkylation sites (tertiary alicyclic amines) is 1. The quantitative estimate of drug-likeness (QED) is 0.782. The lowest BCUT2D eigenvalue weighted by molar-refractivity contribution is 0.242. The summed E-state index contributed by atoms with van der Waals surface area (Å²) >= 11 is 0. The molecule has 1 aromatic heterocycles. The van der Waals surface area contributed by atoms with E-state index >= 15 is 0 Å². The molecular weight excluding hydrogens is 340 g/mol. The monoisotopic (exact) mass is 364 g/mol. The van der Waals surface area contributed by atoms with Gasteiger partial charge < -0.3 is 9.72 Å². The highest BCUT2D eigenvalue weighted by molar-refractivity contribution is 7.89. The van der Waals surface area contributed by atoms with Crippen molar-refractivity contribution in [3.05, 3.63) is 42.2 Å². The third kappa shape index (κ3) is 4.81. The number of H-pyrrole nitrogens is 1. The number of ether oxygens (including phenoxy) is 1. The third-order valence-electron chi connectivity index (χ3n) is 4.02. The van der Waals surface area contributed by atoms with Gasteiger partial charge in [-0.25, -0.2) is 18.1 Å². The predicted octanol–water partition coefficient (Wildman–Crippen LogP) is 1.75. The van der Waals surface area contributed by atoms with Crippen molar-refractivity contribution in [3.8, 4) is 5.75 Å². The number of aromatic amines is 1. The van der Waals surface area contributed by atoms with Crippen LogP contribution in [-0.4, -0.2) is 48.5 Å². The molecule has 25 heavy (non-hydrogen) atoms. The number of sulfonamides is 1. The fourth-order valence-electron chi connectivity index (χ4n) is 2.95. The van der Waals surface area contributed by atoms with Gasteiger partial charge in [0, 0.05) is 38.1 Å². The van der Waals surface area contributed by atoms with E-state index in [0.717, 1.165) is 25.3 Å². The Kier molecular flexibility index (Phi) is 5.41. The molecule has 7 nitrogen and oxygen atoms in total. The molecule has 3 rings (SSSR count). The molecule has 1 aliphatic heterocycles. The Labute approximate surface area is 148 Å². The van der Waals surface area contributed by atoms with Crippen LogP contribution in [0.5, 0.6) is 5.75 Å². The first-order valence-electron chi connectivity index (χ1n) is 8.42. The Morgan fingerprint density at radius 3 is 2.76 bits per heavy atom. The van der Waals surface area contributed by atoms with E-state index in [0.29, 0.717) is 6.54 Å². The molecule has 1 saturated heterocycles. The maximum atomic E-state index is 12.2.